The molecule has 3 aromatic rings. The molecule has 7 heteroatoms. The van der Waals surface area contributed by atoms with E-state index in [0.29, 0.717) is 12.3 Å². The summed E-state index contributed by atoms with van der Waals surface area (Å²) in [6.45, 7) is 2.48. The van der Waals surface area contributed by atoms with Crippen molar-refractivity contribution >= 4 is 11.6 Å². The fourth-order valence-electron chi connectivity index (χ4n) is 3.53. The second-order valence-electron chi connectivity index (χ2n) is 6.61. The van der Waals surface area contributed by atoms with Gasteiger partial charge in [0.05, 0.1) is 13.2 Å². The Bertz CT molecular complexity index is 938. The van der Waals surface area contributed by atoms with Crippen LogP contribution in [0.5, 0.6) is 11.5 Å². The molecule has 2 atom stereocenters. The van der Waals surface area contributed by atoms with Crippen molar-refractivity contribution in [3.05, 3.63) is 54.5 Å². The number of methoxy groups -OCH3 is 1. The number of amides is 1. The molecular weight excluding hydrogens is 344 g/mol. The molecule has 7 nitrogen and oxygen atoms in total. The minimum Gasteiger partial charge on any atom is -0.497 e. The highest BCUT2D eigenvalue weighted by molar-refractivity contribution is 5.81. The van der Waals surface area contributed by atoms with Crippen molar-refractivity contribution < 1.29 is 14.3 Å². The number of carbonyl (C=O) groups excluding carboxylic acids is 1. The number of nitrogens with zero attached hydrogens (tertiary/aromatic N) is 4. The maximum Gasteiger partial charge on any atom is 0.263 e. The topological polar surface area (TPSA) is 69.0 Å². The van der Waals surface area contributed by atoms with Gasteiger partial charge in [-0.1, -0.05) is 6.07 Å². The zero-order valence-corrected chi connectivity index (χ0v) is 15.4. The smallest absolute Gasteiger partial charge is 0.263 e. The van der Waals surface area contributed by atoms with Crippen LogP contribution in [0.2, 0.25) is 0 Å². The predicted molar refractivity (Wildman–Crippen MR) is 99.8 cm³/mol. The first-order chi connectivity index (χ1) is 13.2. The Balaban J connectivity index is 1.51. The fraction of sp³-hybridized carbons (Fsp3) is 0.350. The van der Waals surface area contributed by atoms with Gasteiger partial charge in [-0.3, -0.25) is 9.20 Å². The van der Waals surface area contributed by atoms with Crippen LogP contribution < -0.4 is 9.47 Å². The maximum atomic E-state index is 13.0. The van der Waals surface area contributed by atoms with E-state index in [2.05, 4.69) is 10.2 Å². The van der Waals surface area contributed by atoms with E-state index in [1.165, 1.54) is 0 Å². The quantitative estimate of drug-likeness (QED) is 0.694. The Morgan fingerprint density at radius 3 is 2.70 bits per heavy atom. The molecular formula is C20H22N4O3. The van der Waals surface area contributed by atoms with Crippen LogP contribution in [0.4, 0.5) is 0 Å². The number of ether oxygens (including phenoxy) is 2. The van der Waals surface area contributed by atoms with Gasteiger partial charge in [0.2, 0.25) is 0 Å². The number of aromatic nitrogens is 3. The first-order valence-electron chi connectivity index (χ1n) is 9.08. The van der Waals surface area contributed by atoms with Crippen molar-refractivity contribution in [3.63, 3.8) is 0 Å². The average molecular weight is 366 g/mol. The minimum absolute atomic E-state index is 0.0407. The average Bonchev–Trinajstić information content (AvgIpc) is 3.34. The van der Waals surface area contributed by atoms with Gasteiger partial charge in [-0.2, -0.15) is 0 Å². The molecule has 27 heavy (non-hydrogen) atoms. The lowest BCUT2D eigenvalue weighted by Gasteiger charge is -2.26. The number of benzene rings is 1. The van der Waals surface area contributed by atoms with Crippen molar-refractivity contribution in [2.45, 2.75) is 31.9 Å². The summed E-state index contributed by atoms with van der Waals surface area (Å²) in [4.78, 5) is 14.9. The van der Waals surface area contributed by atoms with Gasteiger partial charge in [-0.25, -0.2) is 0 Å². The van der Waals surface area contributed by atoms with E-state index in [9.17, 15) is 4.79 Å². The highest BCUT2D eigenvalue weighted by Gasteiger charge is 2.35. The highest BCUT2D eigenvalue weighted by Crippen LogP contribution is 2.32. The molecule has 1 fully saturated rings. The second-order valence-corrected chi connectivity index (χ2v) is 6.61. The minimum atomic E-state index is -0.585. The molecule has 0 bridgehead atoms. The Kier molecular flexibility index (Phi) is 4.66. The van der Waals surface area contributed by atoms with E-state index in [-0.39, 0.29) is 11.9 Å². The Labute approximate surface area is 157 Å². The lowest BCUT2D eigenvalue weighted by atomic mass is 10.2. The first-order valence-corrected chi connectivity index (χ1v) is 9.08. The molecule has 140 valence electrons. The normalized spacial score (nSPS) is 17.9. The number of rotatable bonds is 5. The van der Waals surface area contributed by atoms with Gasteiger partial charge in [0.25, 0.3) is 5.91 Å². The molecule has 1 aliphatic rings. The molecule has 4 rings (SSSR count). The van der Waals surface area contributed by atoms with Crippen LogP contribution in [0.1, 0.15) is 31.6 Å². The van der Waals surface area contributed by atoms with Crippen molar-refractivity contribution in [2.75, 3.05) is 13.7 Å². The van der Waals surface area contributed by atoms with E-state index in [4.69, 9.17) is 9.47 Å². The second kappa shape index (κ2) is 7.26. The molecule has 0 unspecified atom stereocenters. The number of fused-ring (bicyclic) bond motifs is 1. The fourth-order valence-corrected chi connectivity index (χ4v) is 3.53. The summed E-state index contributed by atoms with van der Waals surface area (Å²) in [5.41, 5.74) is 0.786. The summed E-state index contributed by atoms with van der Waals surface area (Å²) in [6.07, 6.45) is 3.16. The predicted octanol–water partition coefficient (Wildman–Crippen LogP) is 2.87. The summed E-state index contributed by atoms with van der Waals surface area (Å²) < 4.78 is 12.9. The van der Waals surface area contributed by atoms with Gasteiger partial charge >= 0.3 is 0 Å². The lowest BCUT2D eigenvalue weighted by molar-refractivity contribution is -0.139. The van der Waals surface area contributed by atoms with Crippen molar-refractivity contribution in [3.8, 4) is 11.5 Å². The number of pyridine rings is 1. The molecule has 2 aromatic heterocycles. The third kappa shape index (κ3) is 3.32. The summed E-state index contributed by atoms with van der Waals surface area (Å²) in [7, 11) is 1.61. The lowest BCUT2D eigenvalue weighted by Crippen LogP contribution is -2.40. The zero-order chi connectivity index (χ0) is 18.8. The van der Waals surface area contributed by atoms with Crippen LogP contribution in [0, 0.1) is 0 Å². The molecule has 1 aliphatic heterocycles. The van der Waals surface area contributed by atoms with Gasteiger partial charge in [-0.05, 0) is 56.2 Å². The Morgan fingerprint density at radius 1 is 1.15 bits per heavy atom. The van der Waals surface area contributed by atoms with E-state index in [0.717, 1.165) is 30.1 Å². The monoisotopic (exact) mass is 366 g/mol. The molecule has 0 N–H and O–H groups in total. The third-order valence-electron chi connectivity index (χ3n) is 4.89. The first kappa shape index (κ1) is 17.3. The van der Waals surface area contributed by atoms with E-state index >= 15 is 0 Å². The zero-order valence-electron chi connectivity index (χ0n) is 15.4. The molecule has 1 amide bonds. The number of likely N-dealkylation sites (tertiary alicyclic amines) is 1. The summed E-state index contributed by atoms with van der Waals surface area (Å²) in [5, 5.41) is 8.55. The highest BCUT2D eigenvalue weighted by atomic mass is 16.5. The van der Waals surface area contributed by atoms with E-state index in [1.54, 1.807) is 26.2 Å². The molecule has 0 radical (unpaired) electrons. The van der Waals surface area contributed by atoms with Crippen molar-refractivity contribution in [1.82, 2.24) is 19.5 Å². The molecule has 0 saturated carbocycles. The maximum absolute atomic E-state index is 13.0. The van der Waals surface area contributed by atoms with Gasteiger partial charge in [0.15, 0.2) is 17.6 Å². The van der Waals surface area contributed by atoms with Gasteiger partial charge in [0.1, 0.15) is 11.5 Å². The standard InChI is InChI=1S/C20H22N4O3/c1-14(27-16-10-8-15(26-2)9-11-16)20(25)23-13-5-6-17(23)19-22-21-18-7-3-4-12-24(18)19/h3-4,7-12,14,17H,5-6,13H2,1-2H3/t14-,17+/m0/s1. The van der Waals surface area contributed by atoms with Crippen molar-refractivity contribution in [1.29, 1.82) is 0 Å². The van der Waals surface area contributed by atoms with E-state index < -0.39 is 6.10 Å². The van der Waals surface area contributed by atoms with Gasteiger partial charge in [-0.15, -0.1) is 10.2 Å². The van der Waals surface area contributed by atoms with Crippen LogP contribution in [-0.4, -0.2) is 45.2 Å². The number of carbonyl (C=O) groups is 1. The molecule has 3 heterocycles. The van der Waals surface area contributed by atoms with Gasteiger partial charge < -0.3 is 14.4 Å². The molecule has 1 saturated heterocycles. The Hall–Kier alpha value is -3.09. The molecule has 0 spiro atoms. The van der Waals surface area contributed by atoms with Gasteiger partial charge in [0, 0.05) is 12.7 Å². The van der Waals surface area contributed by atoms with E-state index in [1.807, 2.05) is 45.8 Å². The largest absolute Gasteiger partial charge is 0.497 e. The Morgan fingerprint density at radius 2 is 1.93 bits per heavy atom. The van der Waals surface area contributed by atoms with Crippen molar-refractivity contribution in [2.24, 2.45) is 0 Å². The summed E-state index contributed by atoms with van der Waals surface area (Å²) in [6, 6.07) is 12.9. The van der Waals surface area contributed by atoms with Crippen LogP contribution in [0.25, 0.3) is 5.65 Å². The summed E-state index contributed by atoms with van der Waals surface area (Å²) >= 11 is 0. The third-order valence-corrected chi connectivity index (χ3v) is 4.89. The number of hydrogen-bond acceptors (Lipinski definition) is 5. The SMILES string of the molecule is COc1ccc(O[C@@H](C)C(=O)N2CCC[C@@H]2c2nnc3ccccn23)cc1. The van der Waals surface area contributed by atoms with Crippen LogP contribution in [-0.2, 0) is 4.79 Å². The van der Waals surface area contributed by atoms with Crippen LogP contribution in [0.3, 0.4) is 0 Å². The summed E-state index contributed by atoms with van der Waals surface area (Å²) in [5.74, 6) is 2.15. The molecule has 0 aliphatic carbocycles. The number of hydrogen-bond donors (Lipinski definition) is 0. The van der Waals surface area contributed by atoms with Crippen LogP contribution in [0.15, 0.2) is 48.7 Å². The molecule has 1 aromatic carbocycles. The van der Waals surface area contributed by atoms with Crippen LogP contribution >= 0.6 is 0 Å².